The summed E-state index contributed by atoms with van der Waals surface area (Å²) < 4.78 is 0. The molecular weight excluding hydrogens is 280 g/mol. The van der Waals surface area contributed by atoms with Crippen molar-refractivity contribution in [1.29, 1.82) is 0 Å². The van der Waals surface area contributed by atoms with E-state index < -0.39 is 37.0 Å². The van der Waals surface area contributed by atoms with Crippen molar-refractivity contribution in [3.63, 3.8) is 0 Å². The molecule has 0 spiro atoms. The first kappa shape index (κ1) is 16.7. The van der Waals surface area contributed by atoms with Crippen molar-refractivity contribution in [3.05, 3.63) is 0 Å². The molecular formula is C12H20N4O5. The van der Waals surface area contributed by atoms with Crippen LogP contribution in [0.5, 0.6) is 0 Å². The van der Waals surface area contributed by atoms with E-state index in [1.54, 1.807) is 4.90 Å². The second-order valence-electron chi connectivity index (χ2n) is 4.92. The van der Waals surface area contributed by atoms with Crippen LogP contribution < -0.4 is 11.1 Å². The minimum absolute atomic E-state index is 0.227. The maximum absolute atomic E-state index is 12.0. The first-order valence-corrected chi connectivity index (χ1v) is 6.65. The largest absolute Gasteiger partial charge is 0.480 e. The number of nitrogens with one attached hydrogen (secondary N) is 1. The minimum atomic E-state index is -1.27. The predicted octanol–water partition coefficient (Wildman–Crippen LogP) is -1.42. The number of carbonyl (C=O) groups excluding carboxylic acids is 3. The van der Waals surface area contributed by atoms with E-state index in [2.05, 4.69) is 5.32 Å². The Morgan fingerprint density at radius 1 is 1.24 bits per heavy atom. The Morgan fingerprint density at radius 3 is 2.29 bits per heavy atom. The van der Waals surface area contributed by atoms with Gasteiger partial charge in [0.05, 0.1) is 0 Å². The van der Waals surface area contributed by atoms with Gasteiger partial charge in [0, 0.05) is 13.1 Å². The standard InChI is InChI=1S/C12H20N4O5/c1-8(11(20)15-4-2-3-5-15)14-12(21)16(6-9(13)17)7-10(18)19/h8H,2-7H2,1H3,(H2,13,17)(H,14,21)(H,18,19). The molecule has 0 radical (unpaired) electrons. The van der Waals surface area contributed by atoms with Gasteiger partial charge in [0.25, 0.3) is 0 Å². The summed E-state index contributed by atoms with van der Waals surface area (Å²) in [6.45, 7) is 1.63. The number of carboxylic acid groups (broad SMARTS) is 1. The van der Waals surface area contributed by atoms with E-state index >= 15 is 0 Å². The lowest BCUT2D eigenvalue weighted by Crippen LogP contribution is -2.53. The van der Waals surface area contributed by atoms with Crippen LogP contribution in [-0.2, 0) is 14.4 Å². The zero-order valence-corrected chi connectivity index (χ0v) is 11.9. The second-order valence-corrected chi connectivity index (χ2v) is 4.92. The minimum Gasteiger partial charge on any atom is -0.480 e. The van der Waals surface area contributed by atoms with E-state index in [9.17, 15) is 19.2 Å². The molecule has 4 N–H and O–H groups in total. The Morgan fingerprint density at radius 2 is 1.81 bits per heavy atom. The molecule has 1 atom stereocenters. The van der Waals surface area contributed by atoms with E-state index in [0.29, 0.717) is 13.1 Å². The topological polar surface area (TPSA) is 133 Å². The van der Waals surface area contributed by atoms with Crippen LogP contribution in [0.15, 0.2) is 0 Å². The quantitative estimate of drug-likeness (QED) is 0.553. The highest BCUT2D eigenvalue weighted by atomic mass is 16.4. The van der Waals surface area contributed by atoms with Gasteiger partial charge in [-0.25, -0.2) is 4.79 Å². The third kappa shape index (κ3) is 5.28. The molecule has 118 valence electrons. The van der Waals surface area contributed by atoms with Crippen molar-refractivity contribution >= 4 is 23.8 Å². The van der Waals surface area contributed by atoms with Crippen LogP contribution in [0.4, 0.5) is 4.79 Å². The number of nitrogens with zero attached hydrogens (tertiary/aromatic N) is 2. The fraction of sp³-hybridized carbons (Fsp3) is 0.667. The van der Waals surface area contributed by atoms with Crippen LogP contribution in [0.1, 0.15) is 19.8 Å². The molecule has 9 nitrogen and oxygen atoms in total. The summed E-state index contributed by atoms with van der Waals surface area (Å²) in [4.78, 5) is 47.9. The lowest BCUT2D eigenvalue weighted by atomic mass is 10.3. The highest BCUT2D eigenvalue weighted by Crippen LogP contribution is 2.09. The van der Waals surface area contributed by atoms with Crippen LogP contribution in [-0.4, -0.2) is 70.9 Å². The molecule has 1 rings (SSSR count). The average Bonchev–Trinajstić information content (AvgIpc) is 2.89. The van der Waals surface area contributed by atoms with Gasteiger partial charge < -0.3 is 26.0 Å². The van der Waals surface area contributed by atoms with Crippen molar-refractivity contribution in [1.82, 2.24) is 15.1 Å². The van der Waals surface area contributed by atoms with Crippen molar-refractivity contribution < 1.29 is 24.3 Å². The normalized spacial score (nSPS) is 15.4. The average molecular weight is 300 g/mol. The Kier molecular flexibility index (Phi) is 5.94. The van der Waals surface area contributed by atoms with Crippen molar-refractivity contribution in [2.45, 2.75) is 25.8 Å². The number of likely N-dealkylation sites (tertiary alicyclic amines) is 1. The molecule has 0 aliphatic carbocycles. The lowest BCUT2D eigenvalue weighted by Gasteiger charge is -2.25. The SMILES string of the molecule is CC(NC(=O)N(CC(N)=O)CC(=O)O)C(=O)N1CCCC1. The van der Waals surface area contributed by atoms with Gasteiger partial charge in [0.2, 0.25) is 11.8 Å². The van der Waals surface area contributed by atoms with E-state index in [1.807, 2.05) is 0 Å². The van der Waals surface area contributed by atoms with Gasteiger partial charge in [-0.05, 0) is 19.8 Å². The van der Waals surface area contributed by atoms with Gasteiger partial charge in [-0.1, -0.05) is 0 Å². The Labute approximate surface area is 122 Å². The molecule has 0 aromatic rings. The molecule has 0 saturated carbocycles. The molecule has 9 heteroatoms. The summed E-state index contributed by atoms with van der Waals surface area (Å²) in [6.07, 6.45) is 1.86. The summed E-state index contributed by atoms with van der Waals surface area (Å²) >= 11 is 0. The van der Waals surface area contributed by atoms with Crippen LogP contribution in [0, 0.1) is 0 Å². The second kappa shape index (κ2) is 7.46. The maximum atomic E-state index is 12.0. The number of carbonyl (C=O) groups is 4. The van der Waals surface area contributed by atoms with Gasteiger partial charge in [-0.15, -0.1) is 0 Å². The van der Waals surface area contributed by atoms with Crippen LogP contribution in [0.2, 0.25) is 0 Å². The number of primary amides is 1. The fourth-order valence-electron chi connectivity index (χ4n) is 2.10. The molecule has 0 aromatic heterocycles. The molecule has 0 bridgehead atoms. The maximum Gasteiger partial charge on any atom is 0.323 e. The molecule has 1 aliphatic rings. The molecule has 4 amide bonds. The number of hydrogen-bond acceptors (Lipinski definition) is 4. The third-order valence-corrected chi connectivity index (χ3v) is 3.09. The van der Waals surface area contributed by atoms with Gasteiger partial charge in [0.15, 0.2) is 0 Å². The summed E-state index contributed by atoms with van der Waals surface area (Å²) in [7, 11) is 0. The zero-order valence-electron chi connectivity index (χ0n) is 11.9. The number of aliphatic carboxylic acids is 1. The van der Waals surface area contributed by atoms with Gasteiger partial charge in [-0.2, -0.15) is 0 Å². The monoisotopic (exact) mass is 300 g/mol. The molecule has 1 aliphatic heterocycles. The number of urea groups is 1. The van der Waals surface area contributed by atoms with Gasteiger partial charge in [0.1, 0.15) is 19.1 Å². The van der Waals surface area contributed by atoms with E-state index in [1.165, 1.54) is 6.92 Å². The Balaban J connectivity index is 2.59. The van der Waals surface area contributed by atoms with E-state index in [0.717, 1.165) is 17.7 Å². The van der Waals surface area contributed by atoms with Crippen LogP contribution in [0.3, 0.4) is 0 Å². The molecule has 1 unspecified atom stereocenters. The zero-order chi connectivity index (χ0) is 16.0. The van der Waals surface area contributed by atoms with Crippen molar-refractivity contribution in [3.8, 4) is 0 Å². The number of rotatable bonds is 6. The fourth-order valence-corrected chi connectivity index (χ4v) is 2.10. The highest BCUT2D eigenvalue weighted by molar-refractivity contribution is 5.90. The first-order valence-electron chi connectivity index (χ1n) is 6.65. The number of carboxylic acids is 1. The lowest BCUT2D eigenvalue weighted by molar-refractivity contribution is -0.137. The van der Waals surface area contributed by atoms with Gasteiger partial charge >= 0.3 is 12.0 Å². The Hall–Kier alpha value is -2.32. The first-order chi connectivity index (χ1) is 9.81. The van der Waals surface area contributed by atoms with Crippen molar-refractivity contribution in [2.75, 3.05) is 26.2 Å². The predicted molar refractivity (Wildman–Crippen MR) is 72.2 cm³/mol. The van der Waals surface area contributed by atoms with Gasteiger partial charge in [-0.3, -0.25) is 14.4 Å². The molecule has 1 heterocycles. The number of amides is 4. The summed E-state index contributed by atoms with van der Waals surface area (Å²) in [5, 5.41) is 11.1. The number of hydrogen-bond donors (Lipinski definition) is 3. The third-order valence-electron chi connectivity index (χ3n) is 3.09. The van der Waals surface area contributed by atoms with Crippen LogP contribution >= 0.6 is 0 Å². The smallest absolute Gasteiger partial charge is 0.323 e. The highest BCUT2D eigenvalue weighted by Gasteiger charge is 2.27. The molecule has 21 heavy (non-hydrogen) atoms. The number of nitrogens with two attached hydrogens (primary N) is 1. The Bertz CT molecular complexity index is 417. The summed E-state index contributed by atoms with van der Waals surface area (Å²) in [5.74, 6) is -2.33. The summed E-state index contributed by atoms with van der Waals surface area (Å²) in [5.41, 5.74) is 4.97. The van der Waals surface area contributed by atoms with Crippen molar-refractivity contribution in [2.24, 2.45) is 5.73 Å². The molecule has 0 aromatic carbocycles. The van der Waals surface area contributed by atoms with E-state index in [-0.39, 0.29) is 5.91 Å². The van der Waals surface area contributed by atoms with E-state index in [4.69, 9.17) is 10.8 Å². The van der Waals surface area contributed by atoms with Crippen LogP contribution in [0.25, 0.3) is 0 Å². The molecule has 1 saturated heterocycles. The summed E-state index contributed by atoms with van der Waals surface area (Å²) in [6, 6.07) is -1.60. The molecule has 1 fully saturated rings.